The molecule has 0 aliphatic heterocycles. The van der Waals surface area contributed by atoms with Gasteiger partial charge in [-0.1, -0.05) is 101 Å². The SMILES string of the molecule is C=C\C=C/C=C(C)/C(C)=C/C=C\C.CC.CC.CC#Cc1ccccc1. The smallest absolute Gasteiger partial charge is 0.0245 e. The molecular formula is C26H38. The summed E-state index contributed by atoms with van der Waals surface area (Å²) in [6.45, 7) is 19.7. The summed E-state index contributed by atoms with van der Waals surface area (Å²) in [5.41, 5.74) is 3.64. The van der Waals surface area contributed by atoms with Gasteiger partial charge in [0, 0.05) is 5.56 Å². The van der Waals surface area contributed by atoms with Crippen LogP contribution in [0.15, 0.2) is 90.6 Å². The van der Waals surface area contributed by atoms with Crippen molar-refractivity contribution in [1.29, 1.82) is 0 Å². The summed E-state index contributed by atoms with van der Waals surface area (Å²) in [4.78, 5) is 0. The number of hydrogen-bond acceptors (Lipinski definition) is 0. The maximum atomic E-state index is 3.61. The monoisotopic (exact) mass is 350 g/mol. The van der Waals surface area contributed by atoms with E-state index in [1.165, 1.54) is 11.1 Å². The third-order valence-corrected chi connectivity index (χ3v) is 2.80. The minimum Gasteiger partial charge on any atom is -0.101 e. The van der Waals surface area contributed by atoms with Crippen LogP contribution in [-0.4, -0.2) is 0 Å². The molecule has 0 aliphatic rings. The van der Waals surface area contributed by atoms with Crippen LogP contribution in [0.4, 0.5) is 0 Å². The Balaban J connectivity index is -0.000000353. The third kappa shape index (κ3) is 19.5. The molecule has 0 heterocycles. The molecule has 142 valence electrons. The van der Waals surface area contributed by atoms with Gasteiger partial charge < -0.3 is 0 Å². The van der Waals surface area contributed by atoms with Crippen LogP contribution in [0.5, 0.6) is 0 Å². The van der Waals surface area contributed by atoms with Gasteiger partial charge in [-0.25, -0.2) is 0 Å². The molecule has 1 aromatic carbocycles. The highest BCUT2D eigenvalue weighted by atomic mass is 13.9. The Bertz CT molecular complexity index is 596. The zero-order valence-corrected chi connectivity index (χ0v) is 18.1. The van der Waals surface area contributed by atoms with Crippen molar-refractivity contribution in [3.05, 3.63) is 96.2 Å². The van der Waals surface area contributed by atoms with Crippen molar-refractivity contribution in [2.45, 2.75) is 55.4 Å². The lowest BCUT2D eigenvalue weighted by atomic mass is 10.1. The molecular weight excluding hydrogens is 312 g/mol. The van der Waals surface area contributed by atoms with Gasteiger partial charge in [0.2, 0.25) is 0 Å². The molecule has 0 fully saturated rings. The number of benzene rings is 1. The van der Waals surface area contributed by atoms with Gasteiger partial charge in [0.05, 0.1) is 0 Å². The maximum Gasteiger partial charge on any atom is 0.0245 e. The van der Waals surface area contributed by atoms with E-state index < -0.39 is 0 Å². The summed E-state index contributed by atoms with van der Waals surface area (Å²) in [6.07, 6.45) is 13.9. The van der Waals surface area contributed by atoms with Crippen LogP contribution >= 0.6 is 0 Å². The molecule has 0 saturated carbocycles. The number of rotatable bonds is 4. The molecule has 0 nitrogen and oxygen atoms in total. The van der Waals surface area contributed by atoms with E-state index in [9.17, 15) is 0 Å². The van der Waals surface area contributed by atoms with Crippen LogP contribution < -0.4 is 0 Å². The Morgan fingerprint density at radius 3 is 1.77 bits per heavy atom. The van der Waals surface area contributed by atoms with Crippen molar-refractivity contribution >= 4 is 0 Å². The molecule has 0 amide bonds. The topological polar surface area (TPSA) is 0 Å². The van der Waals surface area contributed by atoms with Crippen molar-refractivity contribution < 1.29 is 0 Å². The lowest BCUT2D eigenvalue weighted by molar-refractivity contribution is 1.34. The Kier molecular flexibility index (Phi) is 26.9. The van der Waals surface area contributed by atoms with Gasteiger partial charge in [0.15, 0.2) is 0 Å². The summed E-state index contributed by atoms with van der Waals surface area (Å²) in [5.74, 6) is 5.79. The normalized spacial score (nSPS) is 10.3. The molecule has 0 N–H and O–H groups in total. The highest BCUT2D eigenvalue weighted by Crippen LogP contribution is 2.08. The van der Waals surface area contributed by atoms with E-state index in [2.05, 4.69) is 44.4 Å². The molecule has 1 aromatic rings. The molecule has 26 heavy (non-hydrogen) atoms. The Morgan fingerprint density at radius 2 is 1.35 bits per heavy atom. The Morgan fingerprint density at radius 1 is 0.846 bits per heavy atom. The van der Waals surface area contributed by atoms with Crippen LogP contribution in [0.3, 0.4) is 0 Å². The molecule has 0 radical (unpaired) electrons. The van der Waals surface area contributed by atoms with Gasteiger partial charge in [-0.2, -0.15) is 0 Å². The largest absolute Gasteiger partial charge is 0.101 e. The fourth-order valence-corrected chi connectivity index (χ4v) is 1.45. The van der Waals surface area contributed by atoms with E-state index in [-0.39, 0.29) is 0 Å². The van der Waals surface area contributed by atoms with Crippen molar-refractivity contribution in [3.8, 4) is 11.8 Å². The van der Waals surface area contributed by atoms with E-state index in [1.54, 1.807) is 6.08 Å². The van der Waals surface area contributed by atoms with E-state index >= 15 is 0 Å². The van der Waals surface area contributed by atoms with Gasteiger partial charge in [-0.05, 0) is 51.0 Å². The fraction of sp³-hybridized carbons (Fsp3) is 0.308. The zero-order chi connectivity index (χ0) is 20.6. The van der Waals surface area contributed by atoms with E-state index in [0.717, 1.165) is 5.56 Å². The Hall–Kier alpha value is -2.52. The summed E-state index contributed by atoms with van der Waals surface area (Å²) < 4.78 is 0. The lowest BCUT2D eigenvalue weighted by Gasteiger charge is -1.97. The second-order valence-electron chi connectivity index (χ2n) is 4.59. The average molecular weight is 351 g/mol. The number of allylic oxidation sites excluding steroid dienone is 9. The van der Waals surface area contributed by atoms with Gasteiger partial charge in [0.25, 0.3) is 0 Å². The standard InChI is InChI=1S/C13H18.C9H8.2C2H6/c1-5-7-9-11-13(4)12(3)10-8-6-2;1-2-6-9-7-4-3-5-8-9;2*1-2/h5-11H,1H2,2-4H3;3-5,7-8H,1H3;2*1-2H3/b8-6-,9-7-,12-10+,13-11+;;;. The van der Waals surface area contributed by atoms with E-state index in [1.807, 2.05) is 96.2 Å². The molecule has 0 heteroatoms. The second-order valence-corrected chi connectivity index (χ2v) is 4.59. The number of hydrogen-bond donors (Lipinski definition) is 0. The fourth-order valence-electron chi connectivity index (χ4n) is 1.45. The van der Waals surface area contributed by atoms with E-state index in [0.29, 0.717) is 0 Å². The lowest BCUT2D eigenvalue weighted by Crippen LogP contribution is -1.76. The van der Waals surface area contributed by atoms with Crippen LogP contribution in [-0.2, 0) is 0 Å². The quantitative estimate of drug-likeness (QED) is 0.378. The molecule has 0 aromatic heterocycles. The zero-order valence-electron chi connectivity index (χ0n) is 18.1. The highest BCUT2D eigenvalue weighted by molar-refractivity contribution is 5.33. The van der Waals surface area contributed by atoms with E-state index in [4.69, 9.17) is 0 Å². The van der Waals surface area contributed by atoms with Crippen molar-refractivity contribution in [3.63, 3.8) is 0 Å². The second kappa shape index (κ2) is 24.7. The molecule has 0 unspecified atom stereocenters. The van der Waals surface area contributed by atoms with Crippen LogP contribution in [0.25, 0.3) is 0 Å². The molecule has 0 spiro atoms. The summed E-state index contributed by atoms with van der Waals surface area (Å²) in [7, 11) is 0. The van der Waals surface area contributed by atoms with Crippen LogP contribution in [0, 0.1) is 11.8 Å². The summed E-state index contributed by atoms with van der Waals surface area (Å²) >= 11 is 0. The van der Waals surface area contributed by atoms with Crippen molar-refractivity contribution in [1.82, 2.24) is 0 Å². The van der Waals surface area contributed by atoms with Gasteiger partial charge in [0.1, 0.15) is 0 Å². The highest BCUT2D eigenvalue weighted by Gasteiger charge is 1.87. The van der Waals surface area contributed by atoms with Gasteiger partial charge >= 0.3 is 0 Å². The molecule has 0 bridgehead atoms. The Labute approximate surface area is 163 Å². The van der Waals surface area contributed by atoms with Crippen molar-refractivity contribution in [2.24, 2.45) is 0 Å². The van der Waals surface area contributed by atoms with Crippen LogP contribution in [0.1, 0.15) is 61.0 Å². The first kappa shape index (κ1) is 28.3. The maximum absolute atomic E-state index is 3.61. The molecule has 0 atom stereocenters. The molecule has 0 aliphatic carbocycles. The van der Waals surface area contributed by atoms with Gasteiger partial charge in [-0.3, -0.25) is 0 Å². The summed E-state index contributed by atoms with van der Waals surface area (Å²) in [6, 6.07) is 9.95. The first-order valence-corrected chi connectivity index (χ1v) is 9.39. The molecule has 0 saturated heterocycles. The predicted molar refractivity (Wildman–Crippen MR) is 123 cm³/mol. The average Bonchev–Trinajstić information content (AvgIpc) is 2.71. The first-order valence-electron chi connectivity index (χ1n) is 9.39. The summed E-state index contributed by atoms with van der Waals surface area (Å²) in [5, 5.41) is 0. The van der Waals surface area contributed by atoms with Crippen LogP contribution in [0.2, 0.25) is 0 Å². The minimum atomic E-state index is 1.08. The third-order valence-electron chi connectivity index (χ3n) is 2.80. The van der Waals surface area contributed by atoms with Gasteiger partial charge in [-0.15, -0.1) is 5.92 Å². The van der Waals surface area contributed by atoms with Crippen molar-refractivity contribution in [2.75, 3.05) is 0 Å². The minimum absolute atomic E-state index is 1.08. The predicted octanol–water partition coefficient (Wildman–Crippen LogP) is 8.31. The first-order chi connectivity index (χ1) is 12.7. The molecule has 1 rings (SSSR count).